The Morgan fingerprint density at radius 1 is 1.30 bits per heavy atom. The lowest BCUT2D eigenvalue weighted by atomic mass is 10.2. The smallest absolute Gasteiger partial charge is 0.325 e. The second-order valence-corrected chi connectivity index (χ2v) is 4.16. The van der Waals surface area contributed by atoms with Crippen LogP contribution in [0.4, 0.5) is 0 Å². The first-order valence-corrected chi connectivity index (χ1v) is 6.14. The van der Waals surface area contributed by atoms with E-state index in [4.69, 9.17) is 4.74 Å². The molecule has 110 valence electrons. The molecule has 1 rings (SSSR count). The van der Waals surface area contributed by atoms with E-state index in [0.717, 1.165) is 6.07 Å². The van der Waals surface area contributed by atoms with Crippen molar-refractivity contribution in [1.29, 1.82) is 0 Å². The number of amides is 1. The summed E-state index contributed by atoms with van der Waals surface area (Å²) in [6, 6.07) is 1.15. The van der Waals surface area contributed by atoms with Gasteiger partial charge in [-0.25, -0.2) is 4.79 Å². The van der Waals surface area contributed by atoms with Gasteiger partial charge in [0.05, 0.1) is 19.4 Å². The standard InChI is InChI=1S/C12H17N3O5/c1-3-20-11(18)4-5-15(2)10(17)7-8-6-9(16)14-12(19)13-8/h6H,3-5,7H2,1-2H3,(H2,13,14,16,19). The Hall–Kier alpha value is -2.38. The Morgan fingerprint density at radius 3 is 2.60 bits per heavy atom. The Balaban J connectivity index is 2.55. The minimum atomic E-state index is -0.658. The van der Waals surface area contributed by atoms with Gasteiger partial charge in [0.2, 0.25) is 5.91 Å². The van der Waals surface area contributed by atoms with Crippen LogP contribution in [0.5, 0.6) is 0 Å². The Labute approximate surface area is 114 Å². The monoisotopic (exact) mass is 283 g/mol. The summed E-state index contributed by atoms with van der Waals surface area (Å²) in [6.45, 7) is 2.21. The van der Waals surface area contributed by atoms with E-state index in [1.165, 1.54) is 11.9 Å². The molecule has 0 bridgehead atoms. The van der Waals surface area contributed by atoms with Crippen molar-refractivity contribution in [2.24, 2.45) is 0 Å². The molecule has 2 N–H and O–H groups in total. The van der Waals surface area contributed by atoms with Gasteiger partial charge in [-0.15, -0.1) is 0 Å². The summed E-state index contributed by atoms with van der Waals surface area (Å²) in [6.07, 6.45) is -0.0134. The molecule has 1 aromatic rings. The normalized spacial score (nSPS) is 10.1. The first-order valence-electron chi connectivity index (χ1n) is 6.14. The van der Waals surface area contributed by atoms with Crippen LogP contribution in [0.1, 0.15) is 19.0 Å². The van der Waals surface area contributed by atoms with Crippen molar-refractivity contribution in [3.8, 4) is 0 Å². The molecular formula is C12H17N3O5. The van der Waals surface area contributed by atoms with Crippen molar-refractivity contribution in [3.63, 3.8) is 0 Å². The van der Waals surface area contributed by atoms with E-state index in [1.807, 2.05) is 4.98 Å². The maximum Gasteiger partial charge on any atom is 0.325 e. The number of likely N-dealkylation sites (N-methyl/N-ethyl adjacent to an activating group) is 1. The molecule has 0 aromatic carbocycles. The number of rotatable bonds is 6. The highest BCUT2D eigenvalue weighted by atomic mass is 16.5. The molecule has 20 heavy (non-hydrogen) atoms. The highest BCUT2D eigenvalue weighted by Gasteiger charge is 2.12. The molecule has 0 saturated heterocycles. The summed E-state index contributed by atoms with van der Waals surface area (Å²) >= 11 is 0. The van der Waals surface area contributed by atoms with Gasteiger partial charge in [0.1, 0.15) is 0 Å². The highest BCUT2D eigenvalue weighted by molar-refractivity contribution is 5.78. The first kappa shape index (κ1) is 15.7. The molecule has 0 fully saturated rings. The zero-order chi connectivity index (χ0) is 15.1. The third kappa shape index (κ3) is 5.09. The van der Waals surface area contributed by atoms with Crippen molar-refractivity contribution in [2.45, 2.75) is 19.8 Å². The quantitative estimate of drug-likeness (QED) is 0.651. The number of ether oxygens (including phenoxy) is 1. The van der Waals surface area contributed by atoms with Crippen LogP contribution < -0.4 is 11.2 Å². The number of hydrogen-bond donors (Lipinski definition) is 2. The third-order valence-electron chi connectivity index (χ3n) is 2.54. The summed E-state index contributed by atoms with van der Waals surface area (Å²) in [7, 11) is 1.53. The maximum atomic E-state index is 11.8. The van der Waals surface area contributed by atoms with E-state index in [9.17, 15) is 19.2 Å². The maximum absolute atomic E-state index is 11.8. The van der Waals surface area contributed by atoms with Crippen LogP contribution in [0.3, 0.4) is 0 Å². The van der Waals surface area contributed by atoms with Crippen LogP contribution in [0.25, 0.3) is 0 Å². The summed E-state index contributed by atoms with van der Waals surface area (Å²) < 4.78 is 4.75. The number of carbonyl (C=O) groups is 2. The molecule has 1 amide bonds. The van der Waals surface area contributed by atoms with Crippen LogP contribution >= 0.6 is 0 Å². The van der Waals surface area contributed by atoms with E-state index in [0.29, 0.717) is 6.61 Å². The third-order valence-corrected chi connectivity index (χ3v) is 2.54. The molecule has 0 unspecified atom stereocenters. The molecule has 1 heterocycles. The van der Waals surface area contributed by atoms with Gasteiger partial charge in [-0.2, -0.15) is 0 Å². The van der Waals surface area contributed by atoms with Crippen molar-refractivity contribution in [1.82, 2.24) is 14.9 Å². The summed E-state index contributed by atoms with van der Waals surface area (Å²) in [5, 5.41) is 0. The molecule has 1 aromatic heterocycles. The van der Waals surface area contributed by atoms with Crippen LogP contribution in [-0.2, 0) is 20.7 Å². The van der Waals surface area contributed by atoms with Gasteiger partial charge < -0.3 is 14.6 Å². The molecule has 0 spiro atoms. The van der Waals surface area contributed by atoms with Crippen molar-refractivity contribution < 1.29 is 14.3 Å². The fourth-order valence-corrected chi connectivity index (χ4v) is 1.53. The van der Waals surface area contributed by atoms with E-state index in [-0.39, 0.29) is 37.0 Å². The number of esters is 1. The molecule has 0 aliphatic carbocycles. The van der Waals surface area contributed by atoms with Crippen LogP contribution in [-0.4, -0.2) is 46.9 Å². The van der Waals surface area contributed by atoms with Gasteiger partial charge in [-0.3, -0.25) is 19.4 Å². The predicted octanol–water partition coefficient (Wildman–Crippen LogP) is -0.983. The van der Waals surface area contributed by atoms with Gasteiger partial charge in [0.25, 0.3) is 5.56 Å². The minimum absolute atomic E-state index is 0.0992. The molecule has 0 aliphatic heterocycles. The molecule has 0 atom stereocenters. The van der Waals surface area contributed by atoms with Gasteiger partial charge in [0, 0.05) is 25.4 Å². The average molecular weight is 283 g/mol. The van der Waals surface area contributed by atoms with Crippen molar-refractivity contribution >= 4 is 11.9 Å². The second kappa shape index (κ2) is 7.27. The van der Waals surface area contributed by atoms with Gasteiger partial charge in [-0.05, 0) is 6.92 Å². The Kier molecular flexibility index (Phi) is 5.70. The van der Waals surface area contributed by atoms with E-state index in [2.05, 4.69) is 4.98 Å². The molecule has 8 nitrogen and oxygen atoms in total. The zero-order valence-electron chi connectivity index (χ0n) is 11.4. The van der Waals surface area contributed by atoms with E-state index in [1.54, 1.807) is 6.92 Å². The van der Waals surface area contributed by atoms with Gasteiger partial charge in [0.15, 0.2) is 0 Å². The summed E-state index contributed by atoms with van der Waals surface area (Å²) in [4.78, 5) is 50.9. The van der Waals surface area contributed by atoms with Gasteiger partial charge in [-0.1, -0.05) is 0 Å². The Bertz CT molecular complexity index is 561. The second-order valence-electron chi connectivity index (χ2n) is 4.16. The molecule has 0 saturated carbocycles. The summed E-state index contributed by atoms with van der Waals surface area (Å²) in [5.41, 5.74) is -0.994. The largest absolute Gasteiger partial charge is 0.466 e. The van der Waals surface area contributed by atoms with Gasteiger partial charge >= 0.3 is 11.7 Å². The molecule has 0 radical (unpaired) electrons. The SMILES string of the molecule is CCOC(=O)CCN(C)C(=O)Cc1cc(=O)[nH]c(=O)[nH]1. The number of H-pyrrole nitrogens is 2. The lowest BCUT2D eigenvalue weighted by Crippen LogP contribution is -2.32. The van der Waals surface area contributed by atoms with Crippen molar-refractivity contribution in [2.75, 3.05) is 20.2 Å². The number of aromatic nitrogens is 2. The number of nitrogens with one attached hydrogen (secondary N) is 2. The van der Waals surface area contributed by atoms with Crippen molar-refractivity contribution in [3.05, 3.63) is 32.6 Å². The van der Waals surface area contributed by atoms with Crippen LogP contribution in [0.15, 0.2) is 15.7 Å². The lowest BCUT2D eigenvalue weighted by molar-refractivity contribution is -0.143. The lowest BCUT2D eigenvalue weighted by Gasteiger charge is -2.16. The number of aromatic amines is 2. The Morgan fingerprint density at radius 2 is 2.00 bits per heavy atom. The van der Waals surface area contributed by atoms with E-state index < -0.39 is 11.2 Å². The average Bonchev–Trinajstić information content (AvgIpc) is 2.34. The molecular weight excluding hydrogens is 266 g/mol. The summed E-state index contributed by atoms with van der Waals surface area (Å²) in [5.74, 6) is -0.688. The van der Waals surface area contributed by atoms with Crippen LogP contribution in [0, 0.1) is 0 Å². The number of nitrogens with zero attached hydrogens (tertiary/aromatic N) is 1. The molecule has 8 heteroatoms. The number of hydrogen-bond acceptors (Lipinski definition) is 5. The fourth-order valence-electron chi connectivity index (χ4n) is 1.53. The van der Waals surface area contributed by atoms with Crippen LogP contribution in [0.2, 0.25) is 0 Å². The predicted molar refractivity (Wildman–Crippen MR) is 70.3 cm³/mol. The zero-order valence-corrected chi connectivity index (χ0v) is 11.4. The number of carbonyl (C=O) groups excluding carboxylic acids is 2. The molecule has 0 aliphatic rings. The first-order chi connectivity index (χ1) is 9.42. The van der Waals surface area contributed by atoms with E-state index >= 15 is 0 Å². The fraction of sp³-hybridized carbons (Fsp3) is 0.500. The minimum Gasteiger partial charge on any atom is -0.466 e. The topological polar surface area (TPSA) is 112 Å². The highest BCUT2D eigenvalue weighted by Crippen LogP contribution is 1.97.